The first-order chi connectivity index (χ1) is 20.4. The number of hydrogen-bond acceptors (Lipinski definition) is 16. The molecular weight excluding hydrogens is 580 g/mol. The largest absolute Gasteiger partial charge is 0.507 e. The summed E-state index contributed by atoms with van der Waals surface area (Å²) in [4.78, 5) is 12.9. The highest BCUT2D eigenvalue weighted by Gasteiger charge is 2.46. The summed E-state index contributed by atoms with van der Waals surface area (Å²) < 4.78 is 27.3. The van der Waals surface area contributed by atoms with Crippen LogP contribution in [-0.2, 0) is 9.47 Å². The number of ether oxygens (including phenoxy) is 4. The van der Waals surface area contributed by atoms with Crippen LogP contribution in [0.1, 0.15) is 0 Å². The molecule has 5 rings (SSSR count). The highest BCUT2D eigenvalue weighted by molar-refractivity contribution is 5.86. The third kappa shape index (κ3) is 5.85. The third-order valence-electron chi connectivity index (χ3n) is 7.22. The van der Waals surface area contributed by atoms with E-state index in [1.54, 1.807) is 0 Å². The molecule has 43 heavy (non-hydrogen) atoms. The summed E-state index contributed by atoms with van der Waals surface area (Å²) in [5, 5.41) is 99.9. The first-order valence-electron chi connectivity index (χ1n) is 13.0. The normalized spacial score (nSPS) is 32.9. The van der Waals surface area contributed by atoms with Crippen molar-refractivity contribution in [2.75, 3.05) is 13.2 Å². The average molecular weight is 611 g/mol. The van der Waals surface area contributed by atoms with Crippen LogP contribution < -0.4 is 14.9 Å². The van der Waals surface area contributed by atoms with Crippen LogP contribution in [-0.4, -0.2) is 126 Å². The lowest BCUT2D eigenvalue weighted by atomic mass is 9.99. The minimum Gasteiger partial charge on any atom is -0.507 e. The zero-order chi connectivity index (χ0) is 31.2. The van der Waals surface area contributed by atoms with Gasteiger partial charge in [0.2, 0.25) is 12.6 Å². The molecule has 0 bridgehead atoms. The van der Waals surface area contributed by atoms with Gasteiger partial charge in [-0.2, -0.15) is 0 Å². The van der Waals surface area contributed by atoms with Crippen LogP contribution in [0.15, 0.2) is 45.6 Å². The maximum atomic E-state index is 12.9. The molecular formula is C27H30O16. The molecule has 10 atom stereocenters. The van der Waals surface area contributed by atoms with Crippen LogP contribution in [0.2, 0.25) is 0 Å². The van der Waals surface area contributed by atoms with Gasteiger partial charge in [-0.1, -0.05) is 0 Å². The van der Waals surface area contributed by atoms with Crippen LogP contribution in [0.5, 0.6) is 23.0 Å². The maximum Gasteiger partial charge on any atom is 0.229 e. The minimum absolute atomic E-state index is 0.0726. The monoisotopic (exact) mass is 610 g/mol. The quantitative estimate of drug-likeness (QED) is 0.130. The third-order valence-corrected chi connectivity index (χ3v) is 7.22. The summed E-state index contributed by atoms with van der Waals surface area (Å²) in [6.45, 7) is -1.37. The number of phenols is 2. The molecule has 0 aliphatic carbocycles. The van der Waals surface area contributed by atoms with Gasteiger partial charge in [0.15, 0.2) is 16.9 Å². The van der Waals surface area contributed by atoms with E-state index in [0.29, 0.717) is 0 Å². The first kappa shape index (κ1) is 30.9. The van der Waals surface area contributed by atoms with Gasteiger partial charge in [-0.3, -0.25) is 4.79 Å². The Labute approximate surface area is 241 Å². The van der Waals surface area contributed by atoms with E-state index in [9.17, 15) is 55.9 Å². The number of benzene rings is 2. The molecule has 3 heterocycles. The zero-order valence-electron chi connectivity index (χ0n) is 22.1. The van der Waals surface area contributed by atoms with Crippen molar-refractivity contribution in [1.82, 2.24) is 0 Å². The van der Waals surface area contributed by atoms with Crippen molar-refractivity contribution in [3.8, 4) is 34.3 Å². The van der Waals surface area contributed by atoms with Crippen molar-refractivity contribution in [1.29, 1.82) is 0 Å². The lowest BCUT2D eigenvalue weighted by molar-refractivity contribution is -0.277. The van der Waals surface area contributed by atoms with E-state index in [0.717, 1.165) is 18.2 Å². The molecule has 0 spiro atoms. The summed E-state index contributed by atoms with van der Waals surface area (Å²) in [6, 6.07) is 7.05. The van der Waals surface area contributed by atoms with Crippen LogP contribution in [0, 0.1) is 0 Å². The van der Waals surface area contributed by atoms with E-state index in [1.165, 1.54) is 18.2 Å². The van der Waals surface area contributed by atoms with Crippen LogP contribution >= 0.6 is 0 Å². The molecule has 2 aliphatic heterocycles. The van der Waals surface area contributed by atoms with Crippen LogP contribution in [0.4, 0.5) is 0 Å². The standard InChI is InChI=1S/C27H30O16/c28-7-17-20(33)22(35)24(37)26(42-17)39-10-4-12(31)19-13(32)6-15(40-16(19)5-10)9-1-2-14(11(30)3-9)41-27-25(38)23(36)21(34)18(8-29)43-27/h1-6,17-18,20-31,33-38H,7-8H2/t17-,18+,20+,21+,22-,23-,24+,25+,26+,27+/m0/s1. The van der Waals surface area contributed by atoms with Crippen molar-refractivity contribution in [3.05, 3.63) is 46.6 Å². The predicted octanol–water partition coefficient (Wildman–Crippen LogP) is -2.77. The second kappa shape index (κ2) is 12.2. The van der Waals surface area contributed by atoms with E-state index in [2.05, 4.69) is 0 Å². The van der Waals surface area contributed by atoms with Crippen molar-refractivity contribution in [2.45, 2.75) is 61.4 Å². The predicted molar refractivity (Wildman–Crippen MR) is 140 cm³/mol. The molecule has 1 aromatic heterocycles. The number of aliphatic hydroxyl groups is 8. The van der Waals surface area contributed by atoms with Crippen molar-refractivity contribution < 1.29 is 74.4 Å². The molecule has 0 unspecified atom stereocenters. The van der Waals surface area contributed by atoms with Gasteiger partial charge in [-0.15, -0.1) is 0 Å². The number of hydrogen-bond donors (Lipinski definition) is 10. The first-order valence-corrected chi connectivity index (χ1v) is 13.0. The van der Waals surface area contributed by atoms with Crippen molar-refractivity contribution >= 4 is 11.0 Å². The van der Waals surface area contributed by atoms with Gasteiger partial charge in [0.1, 0.15) is 77.1 Å². The Hall–Kier alpha value is -3.55. The van der Waals surface area contributed by atoms with Gasteiger partial charge in [-0.05, 0) is 18.2 Å². The van der Waals surface area contributed by atoms with E-state index >= 15 is 0 Å². The second-order valence-corrected chi connectivity index (χ2v) is 10.1. The van der Waals surface area contributed by atoms with E-state index < -0.39 is 91.6 Å². The number of phenolic OH excluding ortho intramolecular Hbond substituents is 2. The van der Waals surface area contributed by atoms with Crippen LogP contribution in [0.25, 0.3) is 22.3 Å². The van der Waals surface area contributed by atoms with Gasteiger partial charge in [0.25, 0.3) is 0 Å². The number of rotatable bonds is 7. The zero-order valence-corrected chi connectivity index (χ0v) is 22.1. The molecule has 0 radical (unpaired) electrons. The minimum atomic E-state index is -1.74. The van der Waals surface area contributed by atoms with Gasteiger partial charge in [-0.25, -0.2) is 0 Å². The van der Waals surface area contributed by atoms with Gasteiger partial charge in [0, 0.05) is 23.8 Å². The molecule has 2 saturated heterocycles. The van der Waals surface area contributed by atoms with E-state index in [-0.39, 0.29) is 33.8 Å². The van der Waals surface area contributed by atoms with Gasteiger partial charge < -0.3 is 74.4 Å². The van der Waals surface area contributed by atoms with E-state index in [4.69, 9.17) is 23.4 Å². The van der Waals surface area contributed by atoms with Gasteiger partial charge in [0.05, 0.1) is 13.2 Å². The Morgan fingerprint density at radius 3 is 1.81 bits per heavy atom. The summed E-state index contributed by atoms with van der Waals surface area (Å²) in [5.41, 5.74) is -0.685. The number of aromatic hydroxyl groups is 2. The molecule has 16 heteroatoms. The van der Waals surface area contributed by atoms with Gasteiger partial charge >= 0.3 is 0 Å². The maximum absolute atomic E-state index is 12.9. The lowest BCUT2D eigenvalue weighted by Gasteiger charge is -2.39. The van der Waals surface area contributed by atoms with Crippen LogP contribution in [0.3, 0.4) is 0 Å². The number of aliphatic hydroxyl groups excluding tert-OH is 8. The Bertz CT molecular complexity index is 1500. The molecule has 2 aliphatic rings. The summed E-state index contributed by atoms with van der Waals surface area (Å²) >= 11 is 0. The summed E-state index contributed by atoms with van der Waals surface area (Å²) in [6.07, 6.45) is -15.7. The van der Waals surface area contributed by atoms with E-state index in [1.807, 2.05) is 0 Å². The summed E-state index contributed by atoms with van der Waals surface area (Å²) in [7, 11) is 0. The Balaban J connectivity index is 1.41. The smallest absolute Gasteiger partial charge is 0.229 e. The molecule has 2 fully saturated rings. The molecule has 3 aromatic rings. The molecule has 0 saturated carbocycles. The Kier molecular flexibility index (Phi) is 8.77. The highest BCUT2D eigenvalue weighted by Crippen LogP contribution is 2.37. The molecule has 2 aromatic carbocycles. The fraction of sp³-hybridized carbons (Fsp3) is 0.444. The molecule has 0 amide bonds. The highest BCUT2D eigenvalue weighted by atomic mass is 16.7. The molecule has 16 nitrogen and oxygen atoms in total. The summed E-state index contributed by atoms with van der Waals surface area (Å²) in [5.74, 6) is -1.51. The van der Waals surface area contributed by atoms with Crippen molar-refractivity contribution in [3.63, 3.8) is 0 Å². The fourth-order valence-electron chi connectivity index (χ4n) is 4.81. The lowest BCUT2D eigenvalue weighted by Crippen LogP contribution is -2.60. The Morgan fingerprint density at radius 2 is 1.26 bits per heavy atom. The Morgan fingerprint density at radius 1 is 0.674 bits per heavy atom. The van der Waals surface area contributed by atoms with Crippen molar-refractivity contribution in [2.24, 2.45) is 0 Å². The number of fused-ring (bicyclic) bond motifs is 1. The topological polar surface area (TPSA) is 269 Å². The molecule has 234 valence electrons. The fourth-order valence-corrected chi connectivity index (χ4v) is 4.81. The molecule has 10 N–H and O–H groups in total. The second-order valence-electron chi connectivity index (χ2n) is 10.1. The SMILES string of the molecule is O=c1cc(-c2ccc(O[C@@H]3O[C@H](CO)[C@@H](O)[C@H](O)[C@H]3O)c(O)c2)oc2cc(O[C@@H]3O[C@@H](CO)[C@@H](O)[C@H](O)[C@H]3O)cc(O)c12. The average Bonchev–Trinajstić information content (AvgIpc) is 2.98.